The van der Waals surface area contributed by atoms with Crippen LogP contribution in [0.3, 0.4) is 0 Å². The van der Waals surface area contributed by atoms with Crippen molar-refractivity contribution in [3.63, 3.8) is 0 Å². The monoisotopic (exact) mass is 293 g/mol. The zero-order chi connectivity index (χ0) is 14.9. The van der Waals surface area contributed by atoms with Crippen molar-refractivity contribution >= 4 is 15.7 Å². The molecule has 0 saturated heterocycles. The third kappa shape index (κ3) is 3.20. The third-order valence-corrected chi connectivity index (χ3v) is 4.24. The molecule has 20 heavy (non-hydrogen) atoms. The second-order valence-electron chi connectivity index (χ2n) is 5.00. The summed E-state index contributed by atoms with van der Waals surface area (Å²) in [7, 11) is -1.73. The van der Waals surface area contributed by atoms with E-state index in [1.807, 2.05) is 43.9 Å². The highest BCUT2D eigenvalue weighted by molar-refractivity contribution is 7.89. The summed E-state index contributed by atoms with van der Waals surface area (Å²) in [5, 5.41) is 8.46. The van der Waals surface area contributed by atoms with Gasteiger partial charge in [0.2, 0.25) is 10.0 Å². The Morgan fingerprint density at radius 3 is 2.55 bits per heavy atom. The van der Waals surface area contributed by atoms with Crippen LogP contribution in [0.1, 0.15) is 16.7 Å². The van der Waals surface area contributed by atoms with Gasteiger partial charge in [-0.15, -0.1) is 0 Å². The second kappa shape index (κ2) is 5.30. The van der Waals surface area contributed by atoms with E-state index in [1.165, 1.54) is 0 Å². The Balaban J connectivity index is 2.29. The first-order chi connectivity index (χ1) is 9.27. The molecule has 0 fully saturated rings. The van der Waals surface area contributed by atoms with Crippen LogP contribution in [-0.2, 0) is 23.6 Å². The van der Waals surface area contributed by atoms with Gasteiger partial charge in [0.1, 0.15) is 0 Å². The van der Waals surface area contributed by atoms with Crippen LogP contribution >= 0.6 is 0 Å². The number of hydrogen-bond donors (Lipinski definition) is 2. The predicted octanol–water partition coefficient (Wildman–Crippen LogP) is 1.90. The van der Waals surface area contributed by atoms with Crippen LogP contribution in [0.15, 0.2) is 35.5 Å². The Morgan fingerprint density at radius 1 is 1.30 bits per heavy atom. The molecule has 0 bridgehead atoms. The van der Waals surface area contributed by atoms with Gasteiger partial charge in [-0.05, 0) is 48.7 Å². The van der Waals surface area contributed by atoms with Crippen LogP contribution in [0.2, 0.25) is 0 Å². The van der Waals surface area contributed by atoms with Crippen molar-refractivity contribution in [3.05, 3.63) is 47.3 Å². The minimum absolute atomic E-state index is 0.135. The molecular weight excluding hydrogens is 274 g/mol. The Hall–Kier alpha value is -1.79. The molecule has 0 spiro atoms. The fourth-order valence-electron chi connectivity index (χ4n) is 2.04. The maximum atomic E-state index is 11.5. The molecule has 0 radical (unpaired) electrons. The Kier molecular flexibility index (Phi) is 3.87. The average Bonchev–Trinajstić information content (AvgIpc) is 2.75. The van der Waals surface area contributed by atoms with E-state index in [9.17, 15) is 8.42 Å². The van der Waals surface area contributed by atoms with Gasteiger partial charge in [-0.2, -0.15) is 0 Å². The van der Waals surface area contributed by atoms with Gasteiger partial charge in [-0.3, -0.25) is 0 Å². The summed E-state index contributed by atoms with van der Waals surface area (Å²) in [5.74, 6) is 0. The van der Waals surface area contributed by atoms with Crippen molar-refractivity contribution in [1.82, 2.24) is 4.57 Å². The molecule has 2 rings (SSSR count). The summed E-state index contributed by atoms with van der Waals surface area (Å²) in [6.07, 6.45) is 3.98. The van der Waals surface area contributed by atoms with Crippen LogP contribution in [0.4, 0.5) is 5.69 Å². The number of sulfonamides is 1. The molecule has 2 aromatic rings. The molecule has 1 aromatic heterocycles. The van der Waals surface area contributed by atoms with Gasteiger partial charge >= 0.3 is 0 Å². The summed E-state index contributed by atoms with van der Waals surface area (Å²) >= 11 is 0. The van der Waals surface area contributed by atoms with Gasteiger partial charge in [0.15, 0.2) is 0 Å². The first kappa shape index (κ1) is 14.6. The van der Waals surface area contributed by atoms with Crippen LogP contribution < -0.4 is 10.5 Å². The standard InChI is InChI=1S/C14H19N3O2S/c1-10-6-13(20(15,18)19)7-14(11(10)2)16-8-12-4-5-17(3)9-12/h4-7,9,16H,8H2,1-3H3,(H2,15,18,19). The molecule has 0 aliphatic rings. The lowest BCUT2D eigenvalue weighted by Crippen LogP contribution is -2.13. The Morgan fingerprint density at radius 2 is 2.00 bits per heavy atom. The van der Waals surface area contributed by atoms with Crippen molar-refractivity contribution in [2.24, 2.45) is 12.2 Å². The molecule has 0 aliphatic carbocycles. The lowest BCUT2D eigenvalue weighted by Gasteiger charge is -2.13. The topological polar surface area (TPSA) is 77.1 Å². The molecule has 3 N–H and O–H groups in total. The molecule has 0 saturated carbocycles. The van der Waals surface area contributed by atoms with E-state index in [-0.39, 0.29) is 4.90 Å². The van der Waals surface area contributed by atoms with E-state index in [2.05, 4.69) is 5.32 Å². The molecule has 5 nitrogen and oxygen atoms in total. The maximum absolute atomic E-state index is 11.5. The van der Waals surface area contributed by atoms with Crippen LogP contribution in [0.5, 0.6) is 0 Å². The normalized spacial score (nSPS) is 11.6. The smallest absolute Gasteiger partial charge is 0.238 e. The van der Waals surface area contributed by atoms with Crippen molar-refractivity contribution in [2.45, 2.75) is 25.3 Å². The first-order valence-corrected chi connectivity index (χ1v) is 7.81. The number of aromatic nitrogens is 1. The van der Waals surface area contributed by atoms with Gasteiger partial charge in [0.05, 0.1) is 4.90 Å². The molecule has 6 heteroatoms. The molecule has 0 atom stereocenters. The highest BCUT2D eigenvalue weighted by Gasteiger charge is 2.12. The Labute approximate surface area is 119 Å². The summed E-state index contributed by atoms with van der Waals surface area (Å²) in [5.41, 5.74) is 3.84. The van der Waals surface area contributed by atoms with E-state index < -0.39 is 10.0 Å². The average molecular weight is 293 g/mol. The third-order valence-electron chi connectivity index (χ3n) is 3.35. The maximum Gasteiger partial charge on any atom is 0.238 e. The zero-order valence-corrected chi connectivity index (χ0v) is 12.7. The Bertz CT molecular complexity index is 733. The van der Waals surface area contributed by atoms with Crippen LogP contribution in [0.25, 0.3) is 0 Å². The van der Waals surface area contributed by atoms with E-state index in [0.717, 1.165) is 22.4 Å². The first-order valence-electron chi connectivity index (χ1n) is 6.26. The molecule has 0 amide bonds. The molecule has 1 aromatic carbocycles. The lowest BCUT2D eigenvalue weighted by molar-refractivity contribution is 0.597. The van der Waals surface area contributed by atoms with Gasteiger partial charge in [0, 0.05) is 31.7 Å². The fourth-order valence-corrected chi connectivity index (χ4v) is 2.66. The number of rotatable bonds is 4. The second-order valence-corrected chi connectivity index (χ2v) is 6.56. The number of aryl methyl sites for hydroxylation is 2. The van der Waals surface area contributed by atoms with Crippen LogP contribution in [0, 0.1) is 13.8 Å². The highest BCUT2D eigenvalue weighted by Crippen LogP contribution is 2.24. The van der Waals surface area contributed by atoms with Crippen LogP contribution in [-0.4, -0.2) is 13.0 Å². The number of hydrogen-bond acceptors (Lipinski definition) is 3. The number of nitrogens with zero attached hydrogens (tertiary/aromatic N) is 1. The van der Waals surface area contributed by atoms with Gasteiger partial charge in [0.25, 0.3) is 0 Å². The van der Waals surface area contributed by atoms with Gasteiger partial charge in [-0.1, -0.05) is 0 Å². The van der Waals surface area contributed by atoms with E-state index in [0.29, 0.717) is 6.54 Å². The molecule has 0 aliphatic heterocycles. The van der Waals surface area contributed by atoms with E-state index in [4.69, 9.17) is 5.14 Å². The fraction of sp³-hybridized carbons (Fsp3) is 0.286. The quantitative estimate of drug-likeness (QED) is 0.904. The van der Waals surface area contributed by atoms with Gasteiger partial charge < -0.3 is 9.88 Å². The molecule has 108 valence electrons. The molecule has 0 unspecified atom stereocenters. The molecular formula is C14H19N3O2S. The number of benzene rings is 1. The summed E-state index contributed by atoms with van der Waals surface area (Å²) in [6.45, 7) is 4.46. The zero-order valence-electron chi connectivity index (χ0n) is 11.8. The highest BCUT2D eigenvalue weighted by atomic mass is 32.2. The summed E-state index contributed by atoms with van der Waals surface area (Å²) < 4.78 is 24.9. The lowest BCUT2D eigenvalue weighted by atomic mass is 10.1. The number of nitrogens with one attached hydrogen (secondary N) is 1. The predicted molar refractivity (Wildman–Crippen MR) is 80.0 cm³/mol. The van der Waals surface area contributed by atoms with Crippen molar-refractivity contribution in [2.75, 3.05) is 5.32 Å². The summed E-state index contributed by atoms with van der Waals surface area (Å²) in [4.78, 5) is 0.135. The minimum Gasteiger partial charge on any atom is -0.381 e. The summed E-state index contributed by atoms with van der Waals surface area (Å²) in [6, 6.07) is 5.19. The van der Waals surface area contributed by atoms with Crippen molar-refractivity contribution < 1.29 is 8.42 Å². The molecule has 1 heterocycles. The van der Waals surface area contributed by atoms with Gasteiger partial charge in [-0.25, -0.2) is 13.6 Å². The van der Waals surface area contributed by atoms with Crippen molar-refractivity contribution in [1.29, 1.82) is 0 Å². The number of nitrogens with two attached hydrogens (primary N) is 1. The SMILES string of the molecule is Cc1cc(S(N)(=O)=O)cc(NCc2ccn(C)c2)c1C. The van der Waals surface area contributed by atoms with E-state index >= 15 is 0 Å². The number of anilines is 1. The minimum atomic E-state index is -3.69. The van der Waals surface area contributed by atoms with E-state index in [1.54, 1.807) is 12.1 Å². The van der Waals surface area contributed by atoms with Crippen molar-refractivity contribution in [3.8, 4) is 0 Å². The number of primary sulfonamides is 1. The largest absolute Gasteiger partial charge is 0.381 e.